The molecule has 0 amide bonds. The van der Waals surface area contributed by atoms with Gasteiger partial charge in [0, 0.05) is 5.70 Å². The minimum absolute atomic E-state index is 0.715. The summed E-state index contributed by atoms with van der Waals surface area (Å²) in [6, 6.07) is 0. The van der Waals surface area contributed by atoms with Gasteiger partial charge in [-0.05, 0) is 12.3 Å². The van der Waals surface area contributed by atoms with Gasteiger partial charge in [0.15, 0.2) is 0 Å². The molecular formula is C8H17N. The predicted molar refractivity (Wildman–Crippen MR) is 42.0 cm³/mol. The zero-order valence-electron chi connectivity index (χ0n) is 6.48. The molecule has 9 heavy (non-hydrogen) atoms. The quantitative estimate of drug-likeness (QED) is 0.616. The van der Waals surface area contributed by atoms with Crippen molar-refractivity contribution >= 4 is 0 Å². The number of rotatable bonds is 4. The van der Waals surface area contributed by atoms with Crippen molar-refractivity contribution < 1.29 is 0 Å². The first kappa shape index (κ1) is 8.54. The molecule has 0 rings (SSSR count). The van der Waals surface area contributed by atoms with Gasteiger partial charge in [0.25, 0.3) is 0 Å². The highest BCUT2D eigenvalue weighted by atomic mass is 14.6. The lowest BCUT2D eigenvalue weighted by Crippen LogP contribution is -2.01. The second kappa shape index (κ2) is 4.42. The highest BCUT2D eigenvalue weighted by Crippen LogP contribution is 2.11. The van der Waals surface area contributed by atoms with Crippen LogP contribution in [-0.2, 0) is 0 Å². The molecule has 0 heterocycles. The first-order chi connectivity index (χ1) is 4.16. The minimum Gasteiger partial charge on any atom is -0.403 e. The maximum Gasteiger partial charge on any atom is 0.00101 e. The van der Waals surface area contributed by atoms with E-state index in [1.54, 1.807) is 0 Å². The molecule has 2 N–H and O–H groups in total. The van der Waals surface area contributed by atoms with Gasteiger partial charge in [-0.3, -0.25) is 0 Å². The Morgan fingerprint density at radius 3 is 2.56 bits per heavy atom. The fraction of sp³-hybridized carbons (Fsp3) is 0.750. The predicted octanol–water partition coefficient (Wildman–Crippen LogP) is 2.29. The number of nitrogens with two attached hydrogens (primary N) is 1. The topological polar surface area (TPSA) is 26.0 Å². The zero-order valence-corrected chi connectivity index (χ0v) is 6.48. The van der Waals surface area contributed by atoms with Crippen LogP contribution in [0.15, 0.2) is 12.3 Å². The Hall–Kier alpha value is -0.460. The molecule has 54 valence electrons. The monoisotopic (exact) mass is 127 g/mol. The molecule has 0 aromatic heterocycles. The van der Waals surface area contributed by atoms with Crippen LogP contribution in [0.2, 0.25) is 0 Å². The minimum atomic E-state index is 0.715. The van der Waals surface area contributed by atoms with E-state index in [9.17, 15) is 0 Å². The Kier molecular flexibility index (Phi) is 4.20. The van der Waals surface area contributed by atoms with Crippen LogP contribution in [0.3, 0.4) is 0 Å². The van der Waals surface area contributed by atoms with E-state index in [4.69, 9.17) is 5.73 Å². The molecule has 0 aromatic rings. The Morgan fingerprint density at radius 1 is 1.67 bits per heavy atom. The van der Waals surface area contributed by atoms with Gasteiger partial charge in [0.2, 0.25) is 0 Å². The molecule has 0 bridgehead atoms. The van der Waals surface area contributed by atoms with Crippen LogP contribution in [0.25, 0.3) is 0 Å². The van der Waals surface area contributed by atoms with Gasteiger partial charge in [-0.2, -0.15) is 0 Å². The normalized spacial score (nSPS) is 13.1. The molecule has 1 unspecified atom stereocenters. The van der Waals surface area contributed by atoms with Crippen LogP contribution >= 0.6 is 0 Å². The third-order valence-corrected chi connectivity index (χ3v) is 1.39. The van der Waals surface area contributed by atoms with Gasteiger partial charge in [-0.15, -0.1) is 0 Å². The second-order valence-corrected chi connectivity index (χ2v) is 2.76. The van der Waals surface area contributed by atoms with E-state index in [0.29, 0.717) is 5.92 Å². The first-order valence-corrected chi connectivity index (χ1v) is 3.60. The third kappa shape index (κ3) is 5.41. The lowest BCUT2D eigenvalue weighted by atomic mass is 10.0. The summed E-state index contributed by atoms with van der Waals surface area (Å²) in [7, 11) is 0. The molecule has 1 heteroatoms. The Balaban J connectivity index is 3.26. The van der Waals surface area contributed by atoms with E-state index < -0.39 is 0 Å². The summed E-state index contributed by atoms with van der Waals surface area (Å²) in [4.78, 5) is 0. The lowest BCUT2D eigenvalue weighted by Gasteiger charge is -2.07. The summed E-state index contributed by atoms with van der Waals surface area (Å²) in [6.07, 6.45) is 3.48. The van der Waals surface area contributed by atoms with Crippen LogP contribution in [0.5, 0.6) is 0 Å². The van der Waals surface area contributed by atoms with Gasteiger partial charge in [0.05, 0.1) is 0 Å². The highest BCUT2D eigenvalue weighted by Gasteiger charge is 1.99. The standard InChI is InChI=1S/C8H17N/c1-4-5-7(2)6-8(3)9/h7H,3-6,9H2,1-2H3. The molecule has 0 aliphatic heterocycles. The first-order valence-electron chi connectivity index (χ1n) is 3.60. The van der Waals surface area contributed by atoms with Gasteiger partial charge in [-0.1, -0.05) is 33.3 Å². The molecule has 0 aliphatic rings. The molecule has 0 saturated carbocycles. The second-order valence-electron chi connectivity index (χ2n) is 2.76. The fourth-order valence-corrected chi connectivity index (χ4v) is 1.04. The summed E-state index contributed by atoms with van der Waals surface area (Å²) in [6.45, 7) is 8.06. The van der Waals surface area contributed by atoms with Gasteiger partial charge < -0.3 is 5.73 Å². The fourth-order valence-electron chi connectivity index (χ4n) is 1.04. The molecule has 1 nitrogen and oxygen atoms in total. The van der Waals surface area contributed by atoms with E-state index in [2.05, 4.69) is 20.4 Å². The Bertz CT molecular complexity index is 86.6. The molecule has 0 spiro atoms. The summed E-state index contributed by atoms with van der Waals surface area (Å²) in [5.41, 5.74) is 6.24. The summed E-state index contributed by atoms with van der Waals surface area (Å²) in [5.74, 6) is 0.715. The van der Waals surface area contributed by atoms with Crippen molar-refractivity contribution in [3.63, 3.8) is 0 Å². The number of hydrogen-bond donors (Lipinski definition) is 1. The molecule has 0 aliphatic carbocycles. The van der Waals surface area contributed by atoms with E-state index in [-0.39, 0.29) is 0 Å². The highest BCUT2D eigenvalue weighted by molar-refractivity contribution is 4.87. The van der Waals surface area contributed by atoms with E-state index in [0.717, 1.165) is 12.1 Å². The maximum absolute atomic E-state index is 5.43. The van der Waals surface area contributed by atoms with Crippen molar-refractivity contribution in [2.75, 3.05) is 0 Å². The zero-order chi connectivity index (χ0) is 7.28. The van der Waals surface area contributed by atoms with Crippen molar-refractivity contribution in [3.8, 4) is 0 Å². The van der Waals surface area contributed by atoms with Crippen LogP contribution in [0.4, 0.5) is 0 Å². The molecule has 0 aromatic carbocycles. The molecule has 0 saturated heterocycles. The smallest absolute Gasteiger partial charge is 0.00101 e. The van der Waals surface area contributed by atoms with Crippen LogP contribution in [0.1, 0.15) is 33.1 Å². The average molecular weight is 127 g/mol. The molecule has 0 fully saturated rings. The Labute approximate surface area is 57.9 Å². The van der Waals surface area contributed by atoms with Crippen molar-refractivity contribution in [2.45, 2.75) is 33.1 Å². The largest absolute Gasteiger partial charge is 0.403 e. The lowest BCUT2D eigenvalue weighted by molar-refractivity contribution is 0.519. The van der Waals surface area contributed by atoms with Gasteiger partial charge in [0.1, 0.15) is 0 Å². The number of hydrogen-bond acceptors (Lipinski definition) is 1. The van der Waals surface area contributed by atoms with Crippen LogP contribution in [-0.4, -0.2) is 0 Å². The van der Waals surface area contributed by atoms with Crippen molar-refractivity contribution in [2.24, 2.45) is 11.7 Å². The molecule has 0 radical (unpaired) electrons. The Morgan fingerprint density at radius 2 is 2.22 bits per heavy atom. The molecular weight excluding hydrogens is 110 g/mol. The summed E-state index contributed by atoms with van der Waals surface area (Å²) < 4.78 is 0. The van der Waals surface area contributed by atoms with E-state index in [1.165, 1.54) is 12.8 Å². The van der Waals surface area contributed by atoms with E-state index in [1.807, 2.05) is 0 Å². The van der Waals surface area contributed by atoms with Crippen molar-refractivity contribution in [3.05, 3.63) is 12.3 Å². The third-order valence-electron chi connectivity index (χ3n) is 1.39. The van der Waals surface area contributed by atoms with Crippen LogP contribution < -0.4 is 5.73 Å². The van der Waals surface area contributed by atoms with Crippen molar-refractivity contribution in [1.82, 2.24) is 0 Å². The van der Waals surface area contributed by atoms with Crippen molar-refractivity contribution in [1.29, 1.82) is 0 Å². The van der Waals surface area contributed by atoms with Gasteiger partial charge >= 0.3 is 0 Å². The SMILES string of the molecule is C=C(N)CC(C)CCC. The molecule has 1 atom stereocenters. The number of allylic oxidation sites excluding steroid dienone is 1. The summed E-state index contributed by atoms with van der Waals surface area (Å²) in [5, 5.41) is 0. The van der Waals surface area contributed by atoms with Crippen LogP contribution in [0, 0.1) is 5.92 Å². The summed E-state index contributed by atoms with van der Waals surface area (Å²) >= 11 is 0. The van der Waals surface area contributed by atoms with E-state index >= 15 is 0 Å². The van der Waals surface area contributed by atoms with Gasteiger partial charge in [-0.25, -0.2) is 0 Å². The maximum atomic E-state index is 5.43. The average Bonchev–Trinajstić information content (AvgIpc) is 1.63.